The second kappa shape index (κ2) is 4.66. The summed E-state index contributed by atoms with van der Waals surface area (Å²) in [6.07, 6.45) is -1.23. The number of carbonyl (C=O) groups excluding carboxylic acids is 1. The molecule has 1 N–H and O–H groups in total. The number of likely N-dealkylation sites (tertiary alicyclic amines) is 1. The van der Waals surface area contributed by atoms with Gasteiger partial charge in [0.15, 0.2) is 11.9 Å². The second-order valence-corrected chi connectivity index (χ2v) is 5.81. The Balaban J connectivity index is 1.94. The first-order valence-corrected chi connectivity index (χ1v) is 6.33. The van der Waals surface area contributed by atoms with Crippen LogP contribution in [-0.4, -0.2) is 54.7 Å². The number of nitrogens with one attached hydrogen (secondary N) is 1. The number of rotatable bonds is 0. The average molecular weight is 260 g/mol. The van der Waals surface area contributed by atoms with Crippen LogP contribution in [0.5, 0.6) is 0 Å². The van der Waals surface area contributed by atoms with E-state index in [1.54, 1.807) is 20.8 Å². The third-order valence-electron chi connectivity index (χ3n) is 3.18. The molecule has 2 fully saturated rings. The Morgan fingerprint density at radius 2 is 2.28 bits per heavy atom. The van der Waals surface area contributed by atoms with E-state index in [-0.39, 0.29) is 6.54 Å². The Labute approximate surface area is 107 Å². The molecule has 1 spiro atoms. The highest BCUT2D eigenvalue weighted by molar-refractivity contribution is 5.68. The van der Waals surface area contributed by atoms with E-state index < -0.39 is 23.6 Å². The van der Waals surface area contributed by atoms with Crippen LogP contribution >= 0.6 is 0 Å². The number of nitrogens with zero attached hydrogens (tertiary/aromatic N) is 1. The zero-order valence-corrected chi connectivity index (χ0v) is 11.2. The Bertz CT molecular complexity index is 324. The molecule has 2 rings (SSSR count). The molecule has 2 unspecified atom stereocenters. The Morgan fingerprint density at radius 1 is 1.56 bits per heavy atom. The van der Waals surface area contributed by atoms with Crippen molar-refractivity contribution >= 4 is 6.09 Å². The summed E-state index contributed by atoms with van der Waals surface area (Å²) in [5, 5.41) is 3.05. The molecule has 0 aromatic carbocycles. The Kier molecular flexibility index (Phi) is 3.51. The molecule has 1 amide bonds. The highest BCUT2D eigenvalue weighted by Gasteiger charge is 2.48. The van der Waals surface area contributed by atoms with Gasteiger partial charge >= 0.3 is 6.09 Å². The van der Waals surface area contributed by atoms with Crippen molar-refractivity contribution in [2.45, 2.75) is 44.7 Å². The van der Waals surface area contributed by atoms with Crippen LogP contribution in [0.25, 0.3) is 0 Å². The number of halogens is 1. The zero-order chi connectivity index (χ0) is 13.4. The number of carbonyl (C=O) groups is 1. The van der Waals surface area contributed by atoms with E-state index in [1.807, 2.05) is 0 Å². The first kappa shape index (κ1) is 13.5. The van der Waals surface area contributed by atoms with Crippen molar-refractivity contribution < 1.29 is 18.7 Å². The molecule has 2 saturated heterocycles. The molecule has 0 radical (unpaired) electrons. The number of hydrogen-bond donors (Lipinski definition) is 1. The molecular formula is C12H21FN2O3. The van der Waals surface area contributed by atoms with Gasteiger partial charge in [-0.2, -0.15) is 0 Å². The molecule has 0 aliphatic carbocycles. The normalized spacial score (nSPS) is 32.9. The van der Waals surface area contributed by atoms with Crippen LogP contribution in [0, 0.1) is 0 Å². The van der Waals surface area contributed by atoms with Gasteiger partial charge < -0.3 is 14.4 Å². The lowest BCUT2D eigenvalue weighted by Crippen LogP contribution is -2.60. The molecule has 0 saturated carbocycles. The predicted molar refractivity (Wildman–Crippen MR) is 64.0 cm³/mol. The van der Waals surface area contributed by atoms with Crippen molar-refractivity contribution in [3.63, 3.8) is 0 Å². The van der Waals surface area contributed by atoms with E-state index in [1.165, 1.54) is 4.90 Å². The first-order valence-electron chi connectivity index (χ1n) is 6.33. The average Bonchev–Trinajstić information content (AvgIpc) is 2.69. The van der Waals surface area contributed by atoms with Gasteiger partial charge in [-0.15, -0.1) is 0 Å². The third kappa shape index (κ3) is 2.75. The monoisotopic (exact) mass is 260 g/mol. The summed E-state index contributed by atoms with van der Waals surface area (Å²) in [6.45, 7) is 7.03. The van der Waals surface area contributed by atoms with Gasteiger partial charge in [-0.25, -0.2) is 9.18 Å². The molecule has 0 aromatic rings. The molecule has 0 aromatic heterocycles. The summed E-state index contributed by atoms with van der Waals surface area (Å²) in [7, 11) is 0. The van der Waals surface area contributed by atoms with Crippen LogP contribution in [-0.2, 0) is 9.47 Å². The summed E-state index contributed by atoms with van der Waals surface area (Å²) >= 11 is 0. The fraction of sp³-hybridized carbons (Fsp3) is 0.917. The molecule has 6 heteroatoms. The minimum absolute atomic E-state index is 0.0158. The summed E-state index contributed by atoms with van der Waals surface area (Å²) < 4.78 is 24.8. The van der Waals surface area contributed by atoms with E-state index in [0.717, 1.165) is 0 Å². The van der Waals surface area contributed by atoms with Crippen LogP contribution in [0.15, 0.2) is 0 Å². The lowest BCUT2D eigenvalue weighted by molar-refractivity contribution is -0.110. The van der Waals surface area contributed by atoms with Crippen LogP contribution in [0.3, 0.4) is 0 Å². The standard InChI is InChI=1S/C12H21FN2O3/c1-11(2,3)18-10(16)15-6-4-12(9(13)8-15)14-5-7-17-12/h9,14H,4-8H2,1-3H3. The quantitative estimate of drug-likeness (QED) is 0.713. The lowest BCUT2D eigenvalue weighted by Gasteiger charge is -2.41. The minimum atomic E-state index is -1.22. The number of ether oxygens (including phenoxy) is 2. The maximum absolute atomic E-state index is 14.2. The van der Waals surface area contributed by atoms with E-state index in [2.05, 4.69) is 5.32 Å². The van der Waals surface area contributed by atoms with E-state index in [4.69, 9.17) is 9.47 Å². The molecule has 0 bridgehead atoms. The minimum Gasteiger partial charge on any atom is -0.444 e. The summed E-state index contributed by atoms with van der Waals surface area (Å²) in [5.74, 6) is 0. The number of amides is 1. The molecule has 18 heavy (non-hydrogen) atoms. The maximum Gasteiger partial charge on any atom is 0.410 e. The molecule has 5 nitrogen and oxygen atoms in total. The van der Waals surface area contributed by atoms with Gasteiger partial charge in [0.1, 0.15) is 5.60 Å². The van der Waals surface area contributed by atoms with Crippen molar-refractivity contribution in [3.8, 4) is 0 Å². The topological polar surface area (TPSA) is 50.8 Å². The SMILES string of the molecule is CC(C)(C)OC(=O)N1CCC2(NCCO2)C(F)C1. The van der Waals surface area contributed by atoms with Crippen molar-refractivity contribution in [3.05, 3.63) is 0 Å². The van der Waals surface area contributed by atoms with Gasteiger partial charge in [-0.1, -0.05) is 0 Å². The summed E-state index contributed by atoms with van der Waals surface area (Å²) in [4.78, 5) is 13.2. The largest absolute Gasteiger partial charge is 0.444 e. The Morgan fingerprint density at radius 3 is 2.78 bits per heavy atom. The zero-order valence-electron chi connectivity index (χ0n) is 11.2. The van der Waals surface area contributed by atoms with Gasteiger partial charge in [-0.3, -0.25) is 5.32 Å². The van der Waals surface area contributed by atoms with E-state index in [0.29, 0.717) is 26.1 Å². The van der Waals surface area contributed by atoms with Gasteiger partial charge in [-0.05, 0) is 20.8 Å². The summed E-state index contributed by atoms with van der Waals surface area (Å²) in [6, 6.07) is 0. The van der Waals surface area contributed by atoms with Crippen LogP contribution in [0.2, 0.25) is 0 Å². The van der Waals surface area contributed by atoms with Crippen molar-refractivity contribution in [2.24, 2.45) is 0 Å². The van der Waals surface area contributed by atoms with Crippen molar-refractivity contribution in [1.29, 1.82) is 0 Å². The van der Waals surface area contributed by atoms with Crippen LogP contribution in [0.4, 0.5) is 9.18 Å². The predicted octanol–water partition coefficient (Wildman–Crippen LogP) is 1.28. The fourth-order valence-electron chi connectivity index (χ4n) is 2.29. The maximum atomic E-state index is 14.2. The van der Waals surface area contributed by atoms with Gasteiger partial charge in [0.05, 0.1) is 13.2 Å². The highest BCUT2D eigenvalue weighted by Crippen LogP contribution is 2.29. The van der Waals surface area contributed by atoms with Crippen molar-refractivity contribution in [1.82, 2.24) is 10.2 Å². The van der Waals surface area contributed by atoms with E-state index >= 15 is 0 Å². The van der Waals surface area contributed by atoms with Gasteiger partial charge in [0.25, 0.3) is 0 Å². The Hall–Kier alpha value is -0.880. The third-order valence-corrected chi connectivity index (χ3v) is 3.18. The number of alkyl halides is 1. The van der Waals surface area contributed by atoms with Gasteiger partial charge in [0, 0.05) is 19.5 Å². The number of hydrogen-bond acceptors (Lipinski definition) is 4. The molecule has 2 atom stereocenters. The molecule has 2 aliphatic rings. The molecular weight excluding hydrogens is 239 g/mol. The van der Waals surface area contributed by atoms with Crippen molar-refractivity contribution in [2.75, 3.05) is 26.2 Å². The van der Waals surface area contributed by atoms with Crippen LogP contribution < -0.4 is 5.32 Å². The van der Waals surface area contributed by atoms with Crippen LogP contribution in [0.1, 0.15) is 27.2 Å². The smallest absolute Gasteiger partial charge is 0.410 e. The fourth-order valence-corrected chi connectivity index (χ4v) is 2.29. The highest BCUT2D eigenvalue weighted by atomic mass is 19.1. The molecule has 2 aliphatic heterocycles. The molecule has 104 valence electrons. The van der Waals surface area contributed by atoms with E-state index in [9.17, 15) is 9.18 Å². The van der Waals surface area contributed by atoms with Gasteiger partial charge in [0.2, 0.25) is 0 Å². The summed E-state index contributed by atoms with van der Waals surface area (Å²) in [5.41, 5.74) is -1.45. The number of piperidine rings is 1. The second-order valence-electron chi connectivity index (χ2n) is 5.81. The lowest BCUT2D eigenvalue weighted by atomic mass is 9.99. The molecule has 2 heterocycles. The first-order chi connectivity index (χ1) is 8.32.